The van der Waals surface area contributed by atoms with Crippen LogP contribution in [0.4, 0.5) is 13.2 Å². The van der Waals surface area contributed by atoms with Gasteiger partial charge in [0.1, 0.15) is 28.4 Å². The summed E-state index contributed by atoms with van der Waals surface area (Å²) >= 11 is 0. The molecule has 1 spiro atoms. The topological polar surface area (TPSA) is 63.7 Å². The summed E-state index contributed by atoms with van der Waals surface area (Å²) in [5.41, 5.74) is -4.96. The molecule has 0 amide bonds. The lowest BCUT2D eigenvalue weighted by atomic mass is 9.75. The van der Waals surface area contributed by atoms with Crippen LogP contribution < -0.4 is 4.74 Å². The number of carbonyl (C=O) groups is 1. The highest BCUT2D eigenvalue weighted by molar-refractivity contribution is 5.97. The van der Waals surface area contributed by atoms with Crippen LogP contribution in [0.2, 0.25) is 0 Å². The average molecular weight is 460 g/mol. The summed E-state index contributed by atoms with van der Waals surface area (Å²) in [5, 5.41) is 9.52. The molecule has 34 heavy (non-hydrogen) atoms. The molecule has 0 saturated carbocycles. The maximum Gasteiger partial charge on any atom is 0.343 e. The maximum atomic E-state index is 16.3. The SMILES string of the molecule is [C-]#[N+]C(C)(C#N)c1c(F)c(F)c2c(c1F)C1(OC2=O)c2ccc(C)cc2Oc2cc(C)ccc21. The molecule has 1 unspecified atom stereocenters. The van der Waals surface area contributed by atoms with Gasteiger partial charge in [0.2, 0.25) is 0 Å². The molecule has 8 heteroatoms. The minimum absolute atomic E-state index is 0.207. The van der Waals surface area contributed by atoms with E-state index in [0.29, 0.717) is 0 Å². The molecule has 0 N–H and O–H groups in total. The van der Waals surface area contributed by atoms with Gasteiger partial charge in [0.15, 0.2) is 23.3 Å². The Morgan fingerprint density at radius 2 is 1.56 bits per heavy atom. The van der Waals surface area contributed by atoms with Crippen LogP contribution in [-0.2, 0) is 15.9 Å². The van der Waals surface area contributed by atoms with Crippen LogP contribution in [0.15, 0.2) is 36.4 Å². The Kier molecular flexibility index (Phi) is 4.34. The van der Waals surface area contributed by atoms with Crippen molar-refractivity contribution in [1.29, 1.82) is 5.26 Å². The summed E-state index contributed by atoms with van der Waals surface area (Å²) in [6, 6.07) is 11.4. The molecule has 3 aromatic rings. The molecule has 5 rings (SSSR count). The minimum atomic E-state index is -2.38. The van der Waals surface area contributed by atoms with Crippen LogP contribution >= 0.6 is 0 Å². The molecule has 2 heterocycles. The van der Waals surface area contributed by atoms with Gasteiger partial charge >= 0.3 is 11.5 Å². The number of halogens is 3. The van der Waals surface area contributed by atoms with Gasteiger partial charge < -0.3 is 9.47 Å². The second-order valence-corrected chi connectivity index (χ2v) is 8.53. The fourth-order valence-corrected chi connectivity index (χ4v) is 4.64. The molecular weight excluding hydrogens is 445 g/mol. The highest BCUT2D eigenvalue weighted by Gasteiger charge is 2.59. The van der Waals surface area contributed by atoms with Crippen LogP contribution in [0.5, 0.6) is 11.5 Å². The third-order valence-electron chi connectivity index (χ3n) is 6.30. The quantitative estimate of drug-likeness (QED) is 0.256. The van der Waals surface area contributed by atoms with E-state index in [2.05, 4.69) is 4.85 Å². The second kappa shape index (κ2) is 6.85. The average Bonchev–Trinajstić information content (AvgIpc) is 3.10. The van der Waals surface area contributed by atoms with Crippen LogP contribution in [-0.4, -0.2) is 5.97 Å². The number of esters is 1. The molecule has 0 aromatic heterocycles. The third-order valence-corrected chi connectivity index (χ3v) is 6.30. The lowest BCUT2D eigenvalue weighted by Gasteiger charge is -2.37. The summed E-state index contributed by atoms with van der Waals surface area (Å²) in [4.78, 5) is 16.0. The molecule has 5 nitrogen and oxygen atoms in total. The van der Waals surface area contributed by atoms with Crippen molar-refractivity contribution in [1.82, 2.24) is 0 Å². The van der Waals surface area contributed by atoms with Crippen LogP contribution in [0.1, 0.15) is 50.7 Å². The minimum Gasteiger partial charge on any atom is -0.456 e. The number of hydrogen-bond acceptors (Lipinski definition) is 4. The van der Waals surface area contributed by atoms with E-state index < -0.39 is 51.3 Å². The summed E-state index contributed by atoms with van der Waals surface area (Å²) in [5.74, 6) is -5.61. The molecule has 0 fully saturated rings. The van der Waals surface area contributed by atoms with Gasteiger partial charge in [0.05, 0.1) is 5.56 Å². The zero-order valence-electron chi connectivity index (χ0n) is 18.2. The number of ether oxygens (including phenoxy) is 2. The number of rotatable bonds is 1. The first-order valence-corrected chi connectivity index (χ1v) is 10.2. The third kappa shape index (κ3) is 2.51. The highest BCUT2D eigenvalue weighted by atomic mass is 19.2. The van der Waals surface area contributed by atoms with Gasteiger partial charge in [-0.2, -0.15) is 5.26 Å². The van der Waals surface area contributed by atoms with Gasteiger partial charge in [-0.15, -0.1) is 0 Å². The maximum absolute atomic E-state index is 16.3. The Hall–Kier alpha value is -4.30. The van der Waals surface area contributed by atoms with Crippen molar-refractivity contribution >= 4 is 5.97 Å². The Balaban J connectivity index is 2.00. The molecular formula is C26H15F3N2O3. The van der Waals surface area contributed by atoms with E-state index in [4.69, 9.17) is 16.0 Å². The van der Waals surface area contributed by atoms with Crippen molar-refractivity contribution in [2.24, 2.45) is 0 Å². The van der Waals surface area contributed by atoms with E-state index in [1.54, 1.807) is 56.3 Å². The highest BCUT2D eigenvalue weighted by Crippen LogP contribution is 2.58. The van der Waals surface area contributed by atoms with Gasteiger partial charge in [-0.25, -0.2) is 24.5 Å². The Bertz CT molecular complexity index is 1470. The van der Waals surface area contributed by atoms with Crippen LogP contribution in [0.25, 0.3) is 4.85 Å². The van der Waals surface area contributed by atoms with Crippen molar-refractivity contribution in [3.8, 4) is 17.6 Å². The van der Waals surface area contributed by atoms with Crippen LogP contribution in [0.3, 0.4) is 0 Å². The molecule has 3 aromatic carbocycles. The summed E-state index contributed by atoms with van der Waals surface area (Å²) in [7, 11) is 0. The zero-order valence-corrected chi connectivity index (χ0v) is 18.2. The zero-order chi connectivity index (χ0) is 24.6. The molecule has 1 atom stereocenters. The first-order valence-electron chi connectivity index (χ1n) is 10.2. The standard InChI is InChI=1S/C26H15F3N2O3/c1-12-5-7-14-16(9-12)33-17-10-13(2)6-8-15(17)26(14)19-18(24(32)34-26)21(27)23(29)20(22(19)28)25(3,11-30)31-4/h5-10H,1-3H3. The number of fused-ring (bicyclic) bond motifs is 6. The normalized spacial score (nSPS) is 16.3. The van der Waals surface area contributed by atoms with E-state index >= 15 is 13.2 Å². The Labute approximate surface area is 192 Å². The molecule has 0 bridgehead atoms. The molecule has 0 aliphatic carbocycles. The second-order valence-electron chi connectivity index (χ2n) is 8.53. The lowest BCUT2D eigenvalue weighted by Crippen LogP contribution is -2.35. The van der Waals surface area contributed by atoms with Gasteiger partial charge in [0, 0.05) is 18.1 Å². The number of benzene rings is 3. The number of carbonyl (C=O) groups excluding carboxylic acids is 1. The molecule has 0 saturated heterocycles. The lowest BCUT2D eigenvalue weighted by molar-refractivity contribution is 0.0215. The van der Waals surface area contributed by atoms with Crippen molar-refractivity contribution in [2.75, 3.05) is 0 Å². The van der Waals surface area contributed by atoms with E-state index in [1.165, 1.54) is 0 Å². The fourth-order valence-electron chi connectivity index (χ4n) is 4.64. The first kappa shape index (κ1) is 21.5. The summed E-state index contributed by atoms with van der Waals surface area (Å²) in [6.45, 7) is 11.9. The molecule has 0 radical (unpaired) electrons. The van der Waals surface area contributed by atoms with E-state index in [-0.39, 0.29) is 22.6 Å². The number of nitrogens with zero attached hydrogens (tertiary/aromatic N) is 2. The predicted octanol–water partition coefficient (Wildman–Crippen LogP) is 5.95. The summed E-state index contributed by atoms with van der Waals surface area (Å²) in [6.07, 6.45) is 0. The summed E-state index contributed by atoms with van der Waals surface area (Å²) < 4.78 is 58.4. The number of aryl methyl sites for hydroxylation is 2. The molecule has 168 valence electrons. The van der Waals surface area contributed by atoms with Gasteiger partial charge in [-0.3, -0.25) is 4.85 Å². The number of hydrogen-bond donors (Lipinski definition) is 0. The predicted molar refractivity (Wildman–Crippen MR) is 114 cm³/mol. The smallest absolute Gasteiger partial charge is 0.343 e. The van der Waals surface area contributed by atoms with E-state index in [9.17, 15) is 10.1 Å². The first-order chi connectivity index (χ1) is 16.1. The number of nitriles is 1. The molecule has 2 aliphatic rings. The van der Waals surface area contributed by atoms with Crippen LogP contribution in [0, 0.1) is 49.2 Å². The van der Waals surface area contributed by atoms with Gasteiger partial charge in [-0.1, -0.05) is 24.3 Å². The van der Waals surface area contributed by atoms with Crippen molar-refractivity contribution in [3.63, 3.8) is 0 Å². The fraction of sp³-hybridized carbons (Fsp3) is 0.192. The van der Waals surface area contributed by atoms with E-state index in [1.807, 2.05) is 0 Å². The largest absolute Gasteiger partial charge is 0.456 e. The monoisotopic (exact) mass is 460 g/mol. The van der Waals surface area contributed by atoms with Gasteiger partial charge in [-0.05, 0) is 37.1 Å². The van der Waals surface area contributed by atoms with E-state index in [0.717, 1.165) is 18.1 Å². The Morgan fingerprint density at radius 3 is 2.06 bits per heavy atom. The van der Waals surface area contributed by atoms with Crippen molar-refractivity contribution < 1.29 is 27.4 Å². The molecule has 2 aliphatic heterocycles. The van der Waals surface area contributed by atoms with Gasteiger partial charge in [0.25, 0.3) is 0 Å². The van der Waals surface area contributed by atoms with Crippen molar-refractivity contribution in [3.05, 3.63) is 104 Å². The Morgan fingerprint density at radius 1 is 1.00 bits per heavy atom. The van der Waals surface area contributed by atoms with Crippen molar-refractivity contribution in [2.45, 2.75) is 31.9 Å².